The number of unbranched alkanes of at least 4 members (excludes halogenated alkanes) is 1. The average molecular weight is 261 g/mol. The SMILES string of the molecule is CCCCSC(C)C(=O)N(C)CC(C)C(=O)O. The Labute approximate surface area is 108 Å². The van der Waals surface area contributed by atoms with Crippen molar-refractivity contribution >= 4 is 23.6 Å². The second-order valence-electron chi connectivity index (χ2n) is 4.32. The fraction of sp³-hybridized carbons (Fsp3) is 0.833. The first-order valence-electron chi connectivity index (χ1n) is 5.99. The summed E-state index contributed by atoms with van der Waals surface area (Å²) in [5.41, 5.74) is 0. The van der Waals surface area contributed by atoms with E-state index in [1.807, 2.05) is 6.92 Å². The van der Waals surface area contributed by atoms with Crippen molar-refractivity contribution in [1.29, 1.82) is 0 Å². The Morgan fingerprint density at radius 1 is 1.35 bits per heavy atom. The van der Waals surface area contributed by atoms with E-state index in [1.165, 1.54) is 4.90 Å². The summed E-state index contributed by atoms with van der Waals surface area (Å²) in [5.74, 6) is -0.391. The molecular formula is C12H23NO3S. The Balaban J connectivity index is 4.06. The second-order valence-corrected chi connectivity index (χ2v) is 5.77. The number of carbonyl (C=O) groups is 2. The molecule has 2 unspecified atom stereocenters. The van der Waals surface area contributed by atoms with Gasteiger partial charge in [-0.1, -0.05) is 20.3 Å². The van der Waals surface area contributed by atoms with Gasteiger partial charge in [0.25, 0.3) is 0 Å². The van der Waals surface area contributed by atoms with E-state index < -0.39 is 11.9 Å². The van der Waals surface area contributed by atoms with E-state index in [9.17, 15) is 9.59 Å². The van der Waals surface area contributed by atoms with E-state index in [1.54, 1.807) is 25.7 Å². The number of carboxylic acid groups (broad SMARTS) is 1. The maximum Gasteiger partial charge on any atom is 0.308 e. The highest BCUT2D eigenvalue weighted by Crippen LogP contribution is 2.15. The van der Waals surface area contributed by atoms with E-state index in [2.05, 4.69) is 6.92 Å². The van der Waals surface area contributed by atoms with Crippen molar-refractivity contribution in [3.8, 4) is 0 Å². The van der Waals surface area contributed by atoms with Gasteiger partial charge in [0.1, 0.15) is 0 Å². The lowest BCUT2D eigenvalue weighted by molar-refractivity contribution is -0.142. The normalized spacial score (nSPS) is 14.1. The molecule has 0 saturated heterocycles. The molecule has 0 saturated carbocycles. The van der Waals surface area contributed by atoms with E-state index >= 15 is 0 Å². The van der Waals surface area contributed by atoms with Gasteiger partial charge in [-0.2, -0.15) is 0 Å². The minimum Gasteiger partial charge on any atom is -0.481 e. The van der Waals surface area contributed by atoms with Crippen LogP contribution in [0.1, 0.15) is 33.6 Å². The third-order valence-electron chi connectivity index (χ3n) is 2.56. The lowest BCUT2D eigenvalue weighted by Crippen LogP contribution is -2.38. The fourth-order valence-corrected chi connectivity index (χ4v) is 2.50. The van der Waals surface area contributed by atoms with Gasteiger partial charge in [-0.25, -0.2) is 0 Å². The highest BCUT2D eigenvalue weighted by atomic mass is 32.2. The summed E-state index contributed by atoms with van der Waals surface area (Å²) in [6.07, 6.45) is 2.23. The summed E-state index contributed by atoms with van der Waals surface area (Å²) in [6.45, 7) is 5.88. The monoisotopic (exact) mass is 261 g/mol. The molecule has 0 aromatic rings. The van der Waals surface area contributed by atoms with Crippen LogP contribution in [0.4, 0.5) is 0 Å². The third kappa shape index (κ3) is 6.56. The number of carboxylic acids is 1. The largest absolute Gasteiger partial charge is 0.481 e. The fourth-order valence-electron chi connectivity index (χ4n) is 1.36. The van der Waals surface area contributed by atoms with Crippen LogP contribution in [-0.2, 0) is 9.59 Å². The van der Waals surface area contributed by atoms with Gasteiger partial charge >= 0.3 is 5.97 Å². The van der Waals surface area contributed by atoms with Crippen LogP contribution in [0.3, 0.4) is 0 Å². The van der Waals surface area contributed by atoms with Crippen molar-refractivity contribution < 1.29 is 14.7 Å². The smallest absolute Gasteiger partial charge is 0.308 e. The van der Waals surface area contributed by atoms with E-state index in [0.29, 0.717) is 0 Å². The number of aliphatic carboxylic acids is 1. The molecule has 100 valence electrons. The van der Waals surface area contributed by atoms with Crippen LogP contribution >= 0.6 is 11.8 Å². The van der Waals surface area contributed by atoms with Gasteiger partial charge in [-0.05, 0) is 19.1 Å². The Bertz CT molecular complexity index is 258. The van der Waals surface area contributed by atoms with Crippen molar-refractivity contribution in [2.75, 3.05) is 19.3 Å². The molecule has 0 rings (SSSR count). The average Bonchev–Trinajstić information content (AvgIpc) is 2.27. The predicted molar refractivity (Wildman–Crippen MR) is 71.3 cm³/mol. The minimum absolute atomic E-state index is 0.0132. The number of hydrogen-bond donors (Lipinski definition) is 1. The van der Waals surface area contributed by atoms with Gasteiger partial charge in [-0.3, -0.25) is 9.59 Å². The van der Waals surface area contributed by atoms with E-state index in [4.69, 9.17) is 5.11 Å². The van der Waals surface area contributed by atoms with Gasteiger partial charge in [0, 0.05) is 13.6 Å². The minimum atomic E-state index is -0.865. The Kier molecular flexibility index (Phi) is 8.04. The molecule has 0 aliphatic carbocycles. The molecule has 0 aromatic carbocycles. The molecule has 0 aliphatic heterocycles. The molecule has 0 aromatic heterocycles. The Morgan fingerprint density at radius 3 is 2.41 bits per heavy atom. The van der Waals surface area contributed by atoms with Crippen molar-refractivity contribution in [2.24, 2.45) is 5.92 Å². The molecule has 0 bridgehead atoms. The highest BCUT2D eigenvalue weighted by Gasteiger charge is 2.21. The van der Waals surface area contributed by atoms with Crippen LogP contribution in [0.2, 0.25) is 0 Å². The van der Waals surface area contributed by atoms with E-state index in [0.717, 1.165) is 18.6 Å². The predicted octanol–water partition coefficient (Wildman–Crippen LogP) is 2.09. The summed E-state index contributed by atoms with van der Waals surface area (Å²) in [7, 11) is 1.67. The molecule has 0 aliphatic rings. The van der Waals surface area contributed by atoms with Gasteiger partial charge < -0.3 is 10.0 Å². The first kappa shape index (κ1) is 16.3. The number of rotatable bonds is 8. The van der Waals surface area contributed by atoms with Crippen LogP contribution < -0.4 is 0 Å². The summed E-state index contributed by atoms with van der Waals surface area (Å²) >= 11 is 1.63. The topological polar surface area (TPSA) is 57.6 Å². The molecule has 0 heterocycles. The number of nitrogens with zero attached hydrogens (tertiary/aromatic N) is 1. The Hall–Kier alpha value is -0.710. The molecule has 1 amide bonds. The first-order valence-corrected chi connectivity index (χ1v) is 7.04. The maximum atomic E-state index is 11.9. The van der Waals surface area contributed by atoms with Gasteiger partial charge in [0.2, 0.25) is 5.91 Å². The second kappa shape index (κ2) is 8.39. The summed E-state index contributed by atoms with van der Waals surface area (Å²) in [4.78, 5) is 24.1. The van der Waals surface area contributed by atoms with Crippen LogP contribution in [0.5, 0.6) is 0 Å². The Morgan fingerprint density at radius 2 is 1.94 bits per heavy atom. The zero-order valence-corrected chi connectivity index (χ0v) is 11.9. The van der Waals surface area contributed by atoms with Gasteiger partial charge in [0.15, 0.2) is 0 Å². The molecular weight excluding hydrogens is 238 g/mol. The number of hydrogen-bond acceptors (Lipinski definition) is 3. The third-order valence-corrected chi connectivity index (χ3v) is 3.79. The van der Waals surface area contributed by atoms with Gasteiger partial charge in [0.05, 0.1) is 11.2 Å². The number of carbonyl (C=O) groups excluding carboxylic acids is 1. The highest BCUT2D eigenvalue weighted by molar-refractivity contribution is 8.00. The molecule has 0 spiro atoms. The van der Waals surface area contributed by atoms with Crippen molar-refractivity contribution in [1.82, 2.24) is 4.90 Å². The zero-order chi connectivity index (χ0) is 13.4. The van der Waals surface area contributed by atoms with Crippen molar-refractivity contribution in [2.45, 2.75) is 38.9 Å². The van der Waals surface area contributed by atoms with Gasteiger partial charge in [-0.15, -0.1) is 11.8 Å². The number of amides is 1. The molecule has 1 N–H and O–H groups in total. The first-order chi connectivity index (χ1) is 7.90. The maximum absolute atomic E-state index is 11.9. The molecule has 5 heteroatoms. The molecule has 0 fully saturated rings. The lowest BCUT2D eigenvalue weighted by atomic mass is 10.2. The van der Waals surface area contributed by atoms with Crippen molar-refractivity contribution in [3.05, 3.63) is 0 Å². The van der Waals surface area contributed by atoms with Crippen LogP contribution in [0, 0.1) is 5.92 Å². The summed E-state index contributed by atoms with van der Waals surface area (Å²) < 4.78 is 0. The zero-order valence-electron chi connectivity index (χ0n) is 11.1. The quantitative estimate of drug-likeness (QED) is 0.680. The van der Waals surface area contributed by atoms with E-state index in [-0.39, 0.29) is 17.7 Å². The summed E-state index contributed by atoms with van der Waals surface area (Å²) in [5, 5.41) is 8.69. The standard InChI is InChI=1S/C12H23NO3S/c1-5-6-7-17-10(3)11(14)13(4)8-9(2)12(15)16/h9-10H,5-8H2,1-4H3,(H,15,16). The molecule has 4 nitrogen and oxygen atoms in total. The molecule has 17 heavy (non-hydrogen) atoms. The number of thioether (sulfide) groups is 1. The molecule has 2 atom stereocenters. The molecule has 0 radical (unpaired) electrons. The van der Waals surface area contributed by atoms with Crippen LogP contribution in [0.25, 0.3) is 0 Å². The van der Waals surface area contributed by atoms with Crippen LogP contribution in [0.15, 0.2) is 0 Å². The summed E-state index contributed by atoms with van der Waals surface area (Å²) in [6, 6.07) is 0. The van der Waals surface area contributed by atoms with Crippen molar-refractivity contribution in [3.63, 3.8) is 0 Å². The lowest BCUT2D eigenvalue weighted by Gasteiger charge is -2.22. The van der Waals surface area contributed by atoms with Crippen LogP contribution in [-0.4, -0.2) is 46.5 Å².